The Balaban J connectivity index is 1.52. The number of imidazole rings is 1. The molecule has 4 heteroatoms. The number of fused-ring (bicyclic) bond motifs is 1. The van der Waals surface area contributed by atoms with Crippen molar-refractivity contribution in [2.45, 2.75) is 18.0 Å². The SMILES string of the molecule is Nc1cccc(CCCSc2nc3ccccc3[nH]2)c1. The Kier molecular flexibility index (Phi) is 3.92. The molecule has 0 aliphatic heterocycles. The van der Waals surface area contributed by atoms with Gasteiger partial charge in [-0.25, -0.2) is 4.98 Å². The van der Waals surface area contributed by atoms with Gasteiger partial charge in [-0.3, -0.25) is 0 Å². The Hall–Kier alpha value is -1.94. The first-order valence-electron chi connectivity index (χ1n) is 6.73. The van der Waals surface area contributed by atoms with Crippen molar-refractivity contribution >= 4 is 28.5 Å². The summed E-state index contributed by atoms with van der Waals surface area (Å²) in [5.41, 5.74) is 10.1. The first-order chi connectivity index (χ1) is 9.81. The van der Waals surface area contributed by atoms with Crippen molar-refractivity contribution in [1.29, 1.82) is 0 Å². The quantitative estimate of drug-likeness (QED) is 0.424. The second-order valence-electron chi connectivity index (χ2n) is 4.76. The standard InChI is InChI=1S/C16H17N3S/c17-13-7-3-5-12(11-13)6-4-10-20-16-18-14-8-1-2-9-15(14)19-16/h1-3,5,7-9,11H,4,6,10,17H2,(H,18,19). The highest BCUT2D eigenvalue weighted by atomic mass is 32.2. The van der Waals surface area contributed by atoms with Gasteiger partial charge in [-0.2, -0.15) is 0 Å². The van der Waals surface area contributed by atoms with Crippen LogP contribution in [0.1, 0.15) is 12.0 Å². The van der Waals surface area contributed by atoms with Gasteiger partial charge in [0.15, 0.2) is 5.16 Å². The summed E-state index contributed by atoms with van der Waals surface area (Å²) >= 11 is 1.77. The molecule has 3 nitrogen and oxygen atoms in total. The molecule has 0 bridgehead atoms. The van der Waals surface area contributed by atoms with E-state index in [9.17, 15) is 0 Å². The van der Waals surface area contributed by atoms with Crippen LogP contribution in [0.3, 0.4) is 0 Å². The van der Waals surface area contributed by atoms with Crippen LogP contribution in [0.4, 0.5) is 5.69 Å². The van der Waals surface area contributed by atoms with Gasteiger partial charge in [0.25, 0.3) is 0 Å². The number of aromatic nitrogens is 2. The summed E-state index contributed by atoms with van der Waals surface area (Å²) in [6, 6.07) is 16.2. The van der Waals surface area contributed by atoms with Gasteiger partial charge in [0.1, 0.15) is 0 Å². The average Bonchev–Trinajstić information content (AvgIpc) is 2.86. The molecule has 1 aromatic heterocycles. The molecule has 3 N–H and O–H groups in total. The lowest BCUT2D eigenvalue weighted by Crippen LogP contribution is -1.91. The molecule has 1 heterocycles. The van der Waals surface area contributed by atoms with E-state index in [1.165, 1.54) is 5.56 Å². The van der Waals surface area contributed by atoms with Gasteiger partial charge in [0, 0.05) is 11.4 Å². The molecular formula is C16H17N3S. The van der Waals surface area contributed by atoms with E-state index in [2.05, 4.69) is 22.1 Å². The van der Waals surface area contributed by atoms with Gasteiger partial charge in [0.2, 0.25) is 0 Å². The molecule has 20 heavy (non-hydrogen) atoms. The maximum Gasteiger partial charge on any atom is 0.166 e. The molecule has 0 aliphatic carbocycles. The Morgan fingerprint density at radius 2 is 2.00 bits per heavy atom. The van der Waals surface area contributed by atoms with E-state index < -0.39 is 0 Å². The minimum absolute atomic E-state index is 0.840. The highest BCUT2D eigenvalue weighted by Crippen LogP contribution is 2.20. The van der Waals surface area contributed by atoms with Crippen molar-refractivity contribution < 1.29 is 0 Å². The van der Waals surface area contributed by atoms with E-state index in [0.717, 1.165) is 40.5 Å². The molecule has 3 aromatic rings. The molecule has 3 rings (SSSR count). The summed E-state index contributed by atoms with van der Waals surface area (Å²) in [4.78, 5) is 7.89. The number of benzene rings is 2. The van der Waals surface area contributed by atoms with Crippen molar-refractivity contribution in [2.24, 2.45) is 0 Å². The maximum absolute atomic E-state index is 5.78. The van der Waals surface area contributed by atoms with Crippen LogP contribution in [0, 0.1) is 0 Å². The average molecular weight is 283 g/mol. The molecule has 0 saturated carbocycles. The molecule has 0 fully saturated rings. The molecule has 0 spiro atoms. The number of nitrogen functional groups attached to an aromatic ring is 1. The van der Waals surface area contributed by atoms with Gasteiger partial charge >= 0.3 is 0 Å². The monoisotopic (exact) mass is 283 g/mol. The Bertz CT molecular complexity index is 673. The molecule has 0 aliphatic rings. The summed E-state index contributed by atoms with van der Waals surface area (Å²) < 4.78 is 0. The summed E-state index contributed by atoms with van der Waals surface area (Å²) in [5, 5.41) is 0.999. The minimum atomic E-state index is 0.840. The second kappa shape index (κ2) is 6.01. The lowest BCUT2D eigenvalue weighted by atomic mass is 10.1. The maximum atomic E-state index is 5.78. The largest absolute Gasteiger partial charge is 0.399 e. The number of nitrogens with one attached hydrogen (secondary N) is 1. The normalized spacial score (nSPS) is 11.0. The van der Waals surface area contributed by atoms with Gasteiger partial charge in [0.05, 0.1) is 11.0 Å². The van der Waals surface area contributed by atoms with E-state index in [0.29, 0.717) is 0 Å². The van der Waals surface area contributed by atoms with Crippen LogP contribution in [0.15, 0.2) is 53.7 Å². The Morgan fingerprint density at radius 3 is 2.85 bits per heavy atom. The molecule has 0 unspecified atom stereocenters. The van der Waals surface area contributed by atoms with E-state index in [-0.39, 0.29) is 0 Å². The van der Waals surface area contributed by atoms with Gasteiger partial charge in [-0.15, -0.1) is 0 Å². The molecule has 0 amide bonds. The van der Waals surface area contributed by atoms with E-state index in [4.69, 9.17) is 5.73 Å². The van der Waals surface area contributed by atoms with Crippen LogP contribution in [-0.4, -0.2) is 15.7 Å². The Labute approximate surface area is 122 Å². The minimum Gasteiger partial charge on any atom is -0.399 e. The number of thioether (sulfide) groups is 1. The lowest BCUT2D eigenvalue weighted by molar-refractivity contribution is 0.929. The summed E-state index contributed by atoms with van der Waals surface area (Å²) in [6.45, 7) is 0. The second-order valence-corrected chi connectivity index (χ2v) is 5.84. The zero-order valence-corrected chi connectivity index (χ0v) is 12.0. The van der Waals surface area contributed by atoms with E-state index in [1.54, 1.807) is 11.8 Å². The van der Waals surface area contributed by atoms with Gasteiger partial charge in [-0.1, -0.05) is 36.0 Å². The number of nitrogens with two attached hydrogens (primary N) is 1. The van der Waals surface area contributed by atoms with Crippen molar-refractivity contribution in [3.8, 4) is 0 Å². The Morgan fingerprint density at radius 1 is 1.10 bits per heavy atom. The first-order valence-corrected chi connectivity index (χ1v) is 7.72. The third-order valence-electron chi connectivity index (χ3n) is 3.17. The molecular weight excluding hydrogens is 266 g/mol. The fourth-order valence-electron chi connectivity index (χ4n) is 2.19. The van der Waals surface area contributed by atoms with E-state index in [1.807, 2.05) is 36.4 Å². The summed E-state index contributed by atoms with van der Waals surface area (Å²) in [5.74, 6) is 1.05. The summed E-state index contributed by atoms with van der Waals surface area (Å²) in [6.07, 6.45) is 2.17. The topological polar surface area (TPSA) is 54.7 Å². The number of para-hydroxylation sites is 2. The number of nitrogens with zero attached hydrogens (tertiary/aromatic N) is 1. The number of hydrogen-bond acceptors (Lipinski definition) is 3. The van der Waals surface area contributed by atoms with Crippen LogP contribution in [0.25, 0.3) is 11.0 Å². The highest BCUT2D eigenvalue weighted by Gasteiger charge is 2.02. The molecule has 2 aromatic carbocycles. The smallest absolute Gasteiger partial charge is 0.166 e. The van der Waals surface area contributed by atoms with Gasteiger partial charge < -0.3 is 10.7 Å². The van der Waals surface area contributed by atoms with Crippen LogP contribution < -0.4 is 5.73 Å². The van der Waals surface area contributed by atoms with E-state index >= 15 is 0 Å². The molecule has 0 radical (unpaired) electrons. The van der Waals surface area contributed by atoms with Gasteiger partial charge in [-0.05, 0) is 42.7 Å². The van der Waals surface area contributed by atoms with Crippen molar-refractivity contribution in [2.75, 3.05) is 11.5 Å². The zero-order valence-electron chi connectivity index (χ0n) is 11.2. The van der Waals surface area contributed by atoms with Crippen molar-refractivity contribution in [1.82, 2.24) is 9.97 Å². The first kappa shape index (κ1) is 13.1. The lowest BCUT2D eigenvalue weighted by Gasteiger charge is -2.01. The summed E-state index contributed by atoms with van der Waals surface area (Å²) in [7, 11) is 0. The zero-order chi connectivity index (χ0) is 13.8. The predicted molar refractivity (Wildman–Crippen MR) is 86.0 cm³/mol. The fourth-order valence-corrected chi connectivity index (χ4v) is 3.02. The molecule has 0 atom stereocenters. The highest BCUT2D eigenvalue weighted by molar-refractivity contribution is 7.99. The molecule has 0 saturated heterocycles. The number of anilines is 1. The fraction of sp³-hybridized carbons (Fsp3) is 0.188. The van der Waals surface area contributed by atoms with Crippen molar-refractivity contribution in [3.05, 3.63) is 54.1 Å². The predicted octanol–water partition coefficient (Wildman–Crippen LogP) is 3.87. The number of aryl methyl sites for hydroxylation is 1. The number of H-pyrrole nitrogens is 1. The third-order valence-corrected chi connectivity index (χ3v) is 4.13. The number of hydrogen-bond donors (Lipinski definition) is 2. The van der Waals surface area contributed by atoms with Crippen LogP contribution in [-0.2, 0) is 6.42 Å². The van der Waals surface area contributed by atoms with Crippen LogP contribution >= 0.6 is 11.8 Å². The number of rotatable bonds is 5. The van der Waals surface area contributed by atoms with Crippen LogP contribution in [0.5, 0.6) is 0 Å². The van der Waals surface area contributed by atoms with Crippen molar-refractivity contribution in [3.63, 3.8) is 0 Å². The number of aromatic amines is 1. The molecule has 102 valence electrons. The van der Waals surface area contributed by atoms with Crippen LogP contribution in [0.2, 0.25) is 0 Å². The third kappa shape index (κ3) is 3.14.